The van der Waals surface area contributed by atoms with Gasteiger partial charge in [-0.25, -0.2) is 18.6 Å². The lowest BCUT2D eigenvalue weighted by Gasteiger charge is -2.07. The van der Waals surface area contributed by atoms with Crippen LogP contribution in [0.2, 0.25) is 0 Å². The maximum Gasteiger partial charge on any atom is 0.338 e. The maximum atomic E-state index is 12.6. The molecule has 0 aliphatic heterocycles. The molecule has 0 unspecified atom stereocenters. The summed E-state index contributed by atoms with van der Waals surface area (Å²) in [6, 6.07) is 2.35. The number of carbonyl (C=O) groups is 1. The number of nitriles is 1. The second-order valence-electron chi connectivity index (χ2n) is 2.77. The molecule has 1 N–H and O–H groups in total. The zero-order chi connectivity index (χ0) is 12.3. The summed E-state index contributed by atoms with van der Waals surface area (Å²) >= 11 is 2.95. The molecule has 0 fully saturated rings. The standard InChI is InChI=1S/C9H5BrF2N2O2/c10-2-6-4(8(11)12)1-5(9(15)16)7(3-13)14-6/h1,8H,2H2,(H,15,16). The molecule has 1 heterocycles. The van der Waals surface area contributed by atoms with Crippen LogP contribution in [0.5, 0.6) is 0 Å². The van der Waals surface area contributed by atoms with Gasteiger partial charge in [0, 0.05) is 10.9 Å². The Kier molecular flexibility index (Phi) is 3.90. The minimum Gasteiger partial charge on any atom is -0.478 e. The van der Waals surface area contributed by atoms with Crippen LogP contribution < -0.4 is 0 Å². The van der Waals surface area contributed by atoms with Gasteiger partial charge in [-0.05, 0) is 6.07 Å². The van der Waals surface area contributed by atoms with E-state index >= 15 is 0 Å². The van der Waals surface area contributed by atoms with Crippen molar-refractivity contribution in [1.29, 1.82) is 5.26 Å². The number of aromatic carboxylic acids is 1. The minimum absolute atomic E-state index is 0.0290. The van der Waals surface area contributed by atoms with Gasteiger partial charge in [-0.15, -0.1) is 0 Å². The average molecular weight is 291 g/mol. The predicted octanol–water partition coefficient (Wildman–Crippen LogP) is 2.48. The number of carboxylic acids is 1. The third-order valence-electron chi connectivity index (χ3n) is 1.83. The number of hydrogen-bond donors (Lipinski definition) is 1. The van der Waals surface area contributed by atoms with E-state index in [0.29, 0.717) is 0 Å². The fourth-order valence-corrected chi connectivity index (χ4v) is 1.56. The van der Waals surface area contributed by atoms with Crippen molar-refractivity contribution in [2.24, 2.45) is 0 Å². The average Bonchev–Trinajstić information content (AvgIpc) is 2.26. The largest absolute Gasteiger partial charge is 0.478 e. The zero-order valence-electron chi connectivity index (χ0n) is 7.75. The van der Waals surface area contributed by atoms with E-state index in [0.717, 1.165) is 6.07 Å². The van der Waals surface area contributed by atoms with Crippen LogP contribution >= 0.6 is 15.9 Å². The number of carboxylic acid groups (broad SMARTS) is 1. The van der Waals surface area contributed by atoms with Crippen molar-refractivity contribution in [3.8, 4) is 6.07 Å². The van der Waals surface area contributed by atoms with Crippen LogP contribution in [-0.4, -0.2) is 16.1 Å². The van der Waals surface area contributed by atoms with Crippen molar-refractivity contribution in [3.05, 3.63) is 28.6 Å². The Balaban J connectivity index is 3.48. The Hall–Kier alpha value is -1.55. The summed E-state index contributed by atoms with van der Waals surface area (Å²) in [5.41, 5.74) is -1.39. The lowest BCUT2D eigenvalue weighted by atomic mass is 10.1. The quantitative estimate of drug-likeness (QED) is 0.868. The molecule has 0 saturated heterocycles. The first-order chi connectivity index (χ1) is 7.51. The molecule has 0 saturated carbocycles. The van der Waals surface area contributed by atoms with Gasteiger partial charge in [-0.1, -0.05) is 15.9 Å². The molecule has 84 valence electrons. The molecule has 0 aliphatic rings. The Morgan fingerprint density at radius 3 is 2.69 bits per heavy atom. The van der Waals surface area contributed by atoms with E-state index in [9.17, 15) is 13.6 Å². The van der Waals surface area contributed by atoms with E-state index in [4.69, 9.17) is 10.4 Å². The number of alkyl halides is 3. The Morgan fingerprint density at radius 2 is 2.31 bits per heavy atom. The monoisotopic (exact) mass is 290 g/mol. The van der Waals surface area contributed by atoms with Gasteiger partial charge >= 0.3 is 5.97 Å². The highest BCUT2D eigenvalue weighted by atomic mass is 79.9. The van der Waals surface area contributed by atoms with E-state index in [2.05, 4.69) is 20.9 Å². The first kappa shape index (κ1) is 12.5. The molecule has 0 atom stereocenters. The lowest BCUT2D eigenvalue weighted by Crippen LogP contribution is -2.07. The van der Waals surface area contributed by atoms with Gasteiger partial charge in [0.1, 0.15) is 6.07 Å². The Labute approximate surface area is 97.7 Å². The van der Waals surface area contributed by atoms with Crippen molar-refractivity contribution < 1.29 is 18.7 Å². The minimum atomic E-state index is -2.83. The van der Waals surface area contributed by atoms with E-state index in [1.807, 2.05) is 0 Å². The first-order valence-electron chi connectivity index (χ1n) is 4.02. The number of nitrogens with zero attached hydrogens (tertiary/aromatic N) is 2. The zero-order valence-corrected chi connectivity index (χ0v) is 9.33. The molecule has 7 heteroatoms. The number of rotatable bonds is 3. The highest BCUT2D eigenvalue weighted by Gasteiger charge is 2.20. The summed E-state index contributed by atoms with van der Waals surface area (Å²) in [6.07, 6.45) is -2.83. The Morgan fingerprint density at radius 1 is 1.69 bits per heavy atom. The van der Waals surface area contributed by atoms with Gasteiger partial charge < -0.3 is 5.11 Å². The number of halogens is 3. The molecule has 1 aromatic heterocycles. The third kappa shape index (κ3) is 2.33. The SMILES string of the molecule is N#Cc1nc(CBr)c(C(F)F)cc1C(=O)O. The topological polar surface area (TPSA) is 74.0 Å². The Bertz CT molecular complexity index is 471. The fourth-order valence-electron chi connectivity index (χ4n) is 1.11. The van der Waals surface area contributed by atoms with Crippen molar-refractivity contribution in [2.75, 3.05) is 0 Å². The van der Waals surface area contributed by atoms with E-state index in [1.54, 1.807) is 6.07 Å². The molecule has 0 aliphatic carbocycles. The van der Waals surface area contributed by atoms with Crippen LogP contribution in [0.25, 0.3) is 0 Å². The molecule has 1 rings (SSSR count). The van der Waals surface area contributed by atoms with Crippen LogP contribution in [0.1, 0.15) is 33.7 Å². The predicted molar refractivity (Wildman–Crippen MR) is 53.5 cm³/mol. The van der Waals surface area contributed by atoms with Gasteiger partial charge in [0.15, 0.2) is 5.69 Å². The molecule has 16 heavy (non-hydrogen) atoms. The highest BCUT2D eigenvalue weighted by Crippen LogP contribution is 2.25. The van der Waals surface area contributed by atoms with Crippen LogP contribution in [0, 0.1) is 11.3 Å². The number of pyridine rings is 1. The third-order valence-corrected chi connectivity index (χ3v) is 2.36. The fraction of sp³-hybridized carbons (Fsp3) is 0.222. The molecule has 0 bridgehead atoms. The summed E-state index contributed by atoms with van der Waals surface area (Å²) < 4.78 is 25.1. The smallest absolute Gasteiger partial charge is 0.338 e. The van der Waals surface area contributed by atoms with E-state index < -0.39 is 23.5 Å². The van der Waals surface area contributed by atoms with Crippen LogP contribution in [-0.2, 0) is 5.33 Å². The molecular weight excluding hydrogens is 286 g/mol. The van der Waals surface area contributed by atoms with Gasteiger partial charge in [-0.3, -0.25) is 0 Å². The normalized spacial score (nSPS) is 10.2. The second-order valence-corrected chi connectivity index (χ2v) is 3.33. The molecule has 0 spiro atoms. The summed E-state index contributed by atoms with van der Waals surface area (Å²) in [5.74, 6) is -1.45. The van der Waals surface area contributed by atoms with E-state index in [1.165, 1.54) is 0 Å². The van der Waals surface area contributed by atoms with Crippen molar-refractivity contribution in [2.45, 2.75) is 11.8 Å². The molecule has 1 aromatic rings. The summed E-state index contributed by atoms with van der Waals surface area (Å²) in [4.78, 5) is 14.3. The van der Waals surface area contributed by atoms with Crippen molar-refractivity contribution in [3.63, 3.8) is 0 Å². The molecule has 0 aromatic carbocycles. The lowest BCUT2D eigenvalue weighted by molar-refractivity contribution is 0.0695. The van der Waals surface area contributed by atoms with Gasteiger partial charge in [-0.2, -0.15) is 5.26 Å². The van der Waals surface area contributed by atoms with E-state index in [-0.39, 0.29) is 16.7 Å². The first-order valence-corrected chi connectivity index (χ1v) is 5.14. The van der Waals surface area contributed by atoms with Gasteiger partial charge in [0.05, 0.1) is 11.3 Å². The number of aromatic nitrogens is 1. The highest BCUT2D eigenvalue weighted by molar-refractivity contribution is 9.08. The molecule has 4 nitrogen and oxygen atoms in total. The van der Waals surface area contributed by atoms with Crippen molar-refractivity contribution in [1.82, 2.24) is 4.98 Å². The maximum absolute atomic E-state index is 12.6. The van der Waals surface area contributed by atoms with Gasteiger partial charge in [0.2, 0.25) is 0 Å². The van der Waals surface area contributed by atoms with Gasteiger partial charge in [0.25, 0.3) is 6.43 Å². The summed E-state index contributed by atoms with van der Waals surface area (Å²) in [5, 5.41) is 17.4. The second kappa shape index (κ2) is 4.99. The van der Waals surface area contributed by atoms with Crippen LogP contribution in [0.4, 0.5) is 8.78 Å². The summed E-state index contributed by atoms with van der Waals surface area (Å²) in [6.45, 7) is 0. The summed E-state index contributed by atoms with van der Waals surface area (Å²) in [7, 11) is 0. The molecule has 0 radical (unpaired) electrons. The van der Waals surface area contributed by atoms with Crippen LogP contribution in [0.15, 0.2) is 6.07 Å². The molecular formula is C9H5BrF2N2O2. The van der Waals surface area contributed by atoms with Crippen molar-refractivity contribution >= 4 is 21.9 Å². The number of hydrogen-bond acceptors (Lipinski definition) is 3. The van der Waals surface area contributed by atoms with Crippen LogP contribution in [0.3, 0.4) is 0 Å². The molecule has 0 amide bonds.